The summed E-state index contributed by atoms with van der Waals surface area (Å²) in [6, 6.07) is 0. The predicted octanol–water partition coefficient (Wildman–Crippen LogP) is 7.14. The van der Waals surface area contributed by atoms with Gasteiger partial charge >= 0.3 is 12.4 Å². The summed E-state index contributed by atoms with van der Waals surface area (Å²) >= 11 is 0. The molecule has 0 aromatic carbocycles. The zero-order chi connectivity index (χ0) is 18.0. The second kappa shape index (κ2) is 6.60. The molecule has 0 spiro atoms. The Hall–Kier alpha value is -0.420. The first-order valence-electron chi connectivity index (χ1n) is 7.55. The Bertz CT molecular complexity index is 324. The van der Waals surface area contributed by atoms with Crippen molar-refractivity contribution in [2.45, 2.75) is 86.0 Å². The van der Waals surface area contributed by atoms with Crippen LogP contribution >= 0.6 is 0 Å². The van der Waals surface area contributed by atoms with Crippen molar-refractivity contribution in [3.63, 3.8) is 0 Å². The van der Waals surface area contributed by atoms with Gasteiger partial charge < -0.3 is 0 Å². The Kier molecular flexibility index (Phi) is 6.47. The van der Waals surface area contributed by atoms with Crippen LogP contribution in [0.15, 0.2) is 0 Å². The van der Waals surface area contributed by atoms with Crippen molar-refractivity contribution in [1.29, 1.82) is 0 Å². The molecule has 0 aliphatic carbocycles. The third-order valence-corrected chi connectivity index (χ3v) is 3.70. The first-order chi connectivity index (χ1) is 9.41. The Morgan fingerprint density at radius 3 is 1.18 bits per heavy atom. The summed E-state index contributed by atoms with van der Waals surface area (Å²) in [7, 11) is 0. The van der Waals surface area contributed by atoms with E-state index < -0.39 is 36.0 Å². The normalized spacial score (nSPS) is 15.3. The van der Waals surface area contributed by atoms with Gasteiger partial charge in [0.25, 0.3) is 0 Å². The van der Waals surface area contributed by atoms with Gasteiger partial charge in [0.1, 0.15) is 0 Å². The molecule has 0 aliphatic heterocycles. The van der Waals surface area contributed by atoms with Gasteiger partial charge in [0.05, 0.1) is 0 Å². The highest BCUT2D eigenvalue weighted by Gasteiger charge is 2.70. The highest BCUT2D eigenvalue weighted by molar-refractivity contribution is 4.96. The van der Waals surface area contributed by atoms with Gasteiger partial charge in [-0.1, -0.05) is 54.4 Å². The van der Waals surface area contributed by atoms with Crippen LogP contribution in [0.5, 0.6) is 0 Å². The standard InChI is InChI=1S/C16H28F6/c1-12(2,3)9-7-8-10-14(15(17,18)19,16(20,21)22)11-13(4,5)6/h7-11H2,1-6H3. The van der Waals surface area contributed by atoms with Gasteiger partial charge in [0.2, 0.25) is 0 Å². The minimum atomic E-state index is -5.29. The third-order valence-electron chi connectivity index (χ3n) is 3.70. The second-order valence-electron chi connectivity index (χ2n) is 8.58. The molecule has 0 amide bonds. The molecule has 22 heavy (non-hydrogen) atoms. The first-order valence-corrected chi connectivity index (χ1v) is 7.55. The average Bonchev–Trinajstić information content (AvgIpc) is 2.15. The average molecular weight is 334 g/mol. The van der Waals surface area contributed by atoms with E-state index in [0.717, 1.165) is 0 Å². The van der Waals surface area contributed by atoms with E-state index in [9.17, 15) is 26.3 Å². The first kappa shape index (κ1) is 21.6. The molecule has 0 aliphatic rings. The number of hydrogen-bond acceptors (Lipinski definition) is 0. The van der Waals surface area contributed by atoms with Crippen LogP contribution in [-0.2, 0) is 0 Å². The van der Waals surface area contributed by atoms with Gasteiger partial charge in [0, 0.05) is 0 Å². The molecule has 0 fully saturated rings. The topological polar surface area (TPSA) is 0 Å². The molecule has 0 heterocycles. The molecule has 0 saturated heterocycles. The van der Waals surface area contributed by atoms with Crippen LogP contribution in [0.2, 0.25) is 0 Å². The maximum atomic E-state index is 13.3. The molecule has 134 valence electrons. The van der Waals surface area contributed by atoms with Crippen molar-refractivity contribution >= 4 is 0 Å². The van der Waals surface area contributed by atoms with Crippen LogP contribution in [0.3, 0.4) is 0 Å². The van der Waals surface area contributed by atoms with Crippen molar-refractivity contribution < 1.29 is 26.3 Å². The highest BCUT2D eigenvalue weighted by atomic mass is 19.4. The minimum Gasteiger partial charge on any atom is -0.170 e. The van der Waals surface area contributed by atoms with Crippen LogP contribution < -0.4 is 0 Å². The Labute approximate surface area is 129 Å². The van der Waals surface area contributed by atoms with E-state index in [2.05, 4.69) is 0 Å². The monoisotopic (exact) mass is 334 g/mol. The van der Waals surface area contributed by atoms with Gasteiger partial charge in [-0.15, -0.1) is 0 Å². The van der Waals surface area contributed by atoms with Crippen LogP contribution in [0, 0.1) is 16.2 Å². The minimum absolute atomic E-state index is 0.0770. The molecule has 0 saturated carbocycles. The molecule has 0 bridgehead atoms. The fraction of sp³-hybridized carbons (Fsp3) is 1.00. The summed E-state index contributed by atoms with van der Waals surface area (Å²) in [5, 5.41) is 0. The van der Waals surface area contributed by atoms with Gasteiger partial charge in [-0.05, 0) is 30.1 Å². The fourth-order valence-corrected chi connectivity index (χ4v) is 2.72. The molecule has 0 unspecified atom stereocenters. The number of rotatable bonds is 5. The van der Waals surface area contributed by atoms with E-state index >= 15 is 0 Å². The maximum absolute atomic E-state index is 13.3. The van der Waals surface area contributed by atoms with E-state index in [-0.39, 0.29) is 11.8 Å². The molecule has 0 nitrogen and oxygen atoms in total. The summed E-state index contributed by atoms with van der Waals surface area (Å²) in [4.78, 5) is 0. The molecule has 0 rings (SSSR count). The van der Waals surface area contributed by atoms with E-state index in [1.165, 1.54) is 20.8 Å². The predicted molar refractivity (Wildman–Crippen MR) is 76.5 cm³/mol. The molecular formula is C16H28F6. The van der Waals surface area contributed by atoms with Gasteiger partial charge in [-0.3, -0.25) is 0 Å². The SMILES string of the molecule is CC(C)(C)CCCCC(CC(C)(C)C)(C(F)(F)F)C(F)(F)F. The lowest BCUT2D eigenvalue weighted by atomic mass is 9.69. The van der Waals surface area contributed by atoms with Crippen molar-refractivity contribution in [1.82, 2.24) is 0 Å². The van der Waals surface area contributed by atoms with E-state index in [0.29, 0.717) is 12.8 Å². The molecule has 0 N–H and O–H groups in total. The number of halogens is 6. The van der Waals surface area contributed by atoms with Crippen LogP contribution in [-0.4, -0.2) is 12.4 Å². The second-order valence-corrected chi connectivity index (χ2v) is 8.58. The Morgan fingerprint density at radius 2 is 0.909 bits per heavy atom. The smallest absolute Gasteiger partial charge is 0.170 e. The van der Waals surface area contributed by atoms with Crippen molar-refractivity contribution in [3.8, 4) is 0 Å². The van der Waals surface area contributed by atoms with Gasteiger partial charge in [-0.2, -0.15) is 26.3 Å². The molecule has 0 atom stereocenters. The number of hydrogen-bond donors (Lipinski definition) is 0. The van der Waals surface area contributed by atoms with E-state index in [4.69, 9.17) is 0 Å². The lowest BCUT2D eigenvalue weighted by Gasteiger charge is -2.41. The molecule has 0 aromatic rings. The van der Waals surface area contributed by atoms with Crippen LogP contribution in [0.4, 0.5) is 26.3 Å². The molecular weight excluding hydrogens is 306 g/mol. The quantitative estimate of drug-likeness (QED) is 0.370. The Balaban J connectivity index is 5.32. The van der Waals surface area contributed by atoms with E-state index in [1.54, 1.807) is 0 Å². The zero-order valence-electron chi connectivity index (χ0n) is 14.3. The molecule has 6 heteroatoms. The maximum Gasteiger partial charge on any atom is 0.403 e. The van der Waals surface area contributed by atoms with Crippen molar-refractivity contribution in [3.05, 3.63) is 0 Å². The zero-order valence-corrected chi connectivity index (χ0v) is 14.3. The summed E-state index contributed by atoms with van der Waals surface area (Å²) in [6.07, 6.45) is -11.5. The number of unbranched alkanes of at least 4 members (excludes halogenated alkanes) is 1. The van der Waals surface area contributed by atoms with Crippen LogP contribution in [0.1, 0.15) is 73.6 Å². The molecule has 0 radical (unpaired) electrons. The van der Waals surface area contributed by atoms with Gasteiger partial charge in [0.15, 0.2) is 5.41 Å². The summed E-state index contributed by atoms with van der Waals surface area (Å²) in [6.45, 7) is 9.99. The Morgan fingerprint density at radius 1 is 0.545 bits per heavy atom. The largest absolute Gasteiger partial charge is 0.403 e. The fourth-order valence-electron chi connectivity index (χ4n) is 2.72. The third kappa shape index (κ3) is 6.37. The van der Waals surface area contributed by atoms with Crippen molar-refractivity contribution in [2.75, 3.05) is 0 Å². The number of alkyl halides is 6. The molecule has 0 aromatic heterocycles. The van der Waals surface area contributed by atoms with Gasteiger partial charge in [-0.25, -0.2) is 0 Å². The summed E-state index contributed by atoms with van der Waals surface area (Å²) in [5.74, 6) is 0. The lowest BCUT2D eigenvalue weighted by Crippen LogP contribution is -2.52. The lowest BCUT2D eigenvalue weighted by molar-refractivity contribution is -0.351. The van der Waals surface area contributed by atoms with Crippen molar-refractivity contribution in [2.24, 2.45) is 16.2 Å². The summed E-state index contributed by atoms with van der Waals surface area (Å²) < 4.78 is 80.1. The van der Waals surface area contributed by atoms with Crippen LogP contribution in [0.25, 0.3) is 0 Å². The van der Waals surface area contributed by atoms with E-state index in [1.807, 2.05) is 20.8 Å². The summed E-state index contributed by atoms with van der Waals surface area (Å²) in [5.41, 5.74) is -4.77. The highest BCUT2D eigenvalue weighted by Crippen LogP contribution is 2.58.